The summed E-state index contributed by atoms with van der Waals surface area (Å²) in [6.45, 7) is -3.47. The van der Waals surface area contributed by atoms with Crippen LogP contribution in [0.5, 0.6) is 5.75 Å². The Labute approximate surface area is 143 Å². The zero-order valence-corrected chi connectivity index (χ0v) is 13.6. The molecule has 1 aliphatic rings. The highest BCUT2D eigenvalue weighted by Gasteiger charge is 2.41. The molecule has 7 heteroatoms. The van der Waals surface area contributed by atoms with Gasteiger partial charge in [-0.25, -0.2) is 9.38 Å². The number of guanidine groups is 1. The molecule has 0 spiro atoms. The molecule has 2 aromatic rings. The monoisotopic (exact) mass is 349 g/mol. The van der Waals surface area contributed by atoms with Gasteiger partial charge in [0.1, 0.15) is 18.0 Å². The molecule has 1 heterocycles. The van der Waals surface area contributed by atoms with Gasteiger partial charge < -0.3 is 15.4 Å². The van der Waals surface area contributed by atoms with E-state index in [4.69, 9.17) is 5.73 Å². The molecule has 2 aromatic carbocycles. The molecule has 0 saturated heterocycles. The Morgan fingerprint density at radius 3 is 2.48 bits per heavy atom. The lowest BCUT2D eigenvalue weighted by molar-refractivity contribution is -0.0506. The first-order valence-corrected chi connectivity index (χ1v) is 7.72. The fourth-order valence-electron chi connectivity index (χ4n) is 3.08. The van der Waals surface area contributed by atoms with E-state index in [-0.39, 0.29) is 11.3 Å². The molecule has 1 atom stereocenters. The molecule has 0 aliphatic carbocycles. The van der Waals surface area contributed by atoms with Crippen molar-refractivity contribution in [1.29, 1.82) is 0 Å². The molecule has 1 aliphatic heterocycles. The Morgan fingerprint density at radius 2 is 1.92 bits per heavy atom. The molecule has 132 valence electrons. The van der Waals surface area contributed by atoms with Crippen LogP contribution in [0.1, 0.15) is 16.7 Å². The van der Waals surface area contributed by atoms with E-state index in [9.17, 15) is 13.2 Å². The zero-order chi connectivity index (χ0) is 18.0. The molecule has 1 unspecified atom stereocenters. The molecular weight excluding hydrogens is 331 g/mol. The first-order valence-electron chi connectivity index (χ1n) is 7.72. The molecule has 0 amide bonds. The predicted octanol–water partition coefficient (Wildman–Crippen LogP) is 3.26. The molecule has 3 rings (SSSR count). The molecule has 25 heavy (non-hydrogen) atoms. The largest absolute Gasteiger partial charge is 0.434 e. The molecular formula is C18H18F3N3O. The molecule has 4 nitrogen and oxygen atoms in total. The minimum atomic E-state index is -3.01. The standard InChI is InChI=1S/C18H18F3N3O/c1-24-11-18(23-17(24)22,13-5-3-2-4-6-13)14-7-8-15(25-16(20)21)12(9-14)10-19/h2-9,16H,10-11H2,1H3,(H2,22,23). The van der Waals surface area contributed by atoms with Crippen LogP contribution in [0.25, 0.3) is 0 Å². The summed E-state index contributed by atoms with van der Waals surface area (Å²) < 4.78 is 42.8. The number of alkyl halides is 3. The number of rotatable bonds is 5. The number of halogens is 3. The highest BCUT2D eigenvalue weighted by molar-refractivity contribution is 5.81. The maximum absolute atomic E-state index is 13.4. The van der Waals surface area contributed by atoms with Gasteiger partial charge in [0.15, 0.2) is 5.96 Å². The van der Waals surface area contributed by atoms with E-state index in [1.165, 1.54) is 12.1 Å². The number of benzene rings is 2. The quantitative estimate of drug-likeness (QED) is 0.901. The minimum Gasteiger partial charge on any atom is -0.434 e. The van der Waals surface area contributed by atoms with Crippen molar-refractivity contribution in [1.82, 2.24) is 4.90 Å². The zero-order valence-electron chi connectivity index (χ0n) is 13.6. The third-order valence-electron chi connectivity index (χ3n) is 4.31. The van der Waals surface area contributed by atoms with Crippen LogP contribution < -0.4 is 10.5 Å². The van der Waals surface area contributed by atoms with Gasteiger partial charge in [-0.2, -0.15) is 8.78 Å². The Balaban J connectivity index is 2.13. The topological polar surface area (TPSA) is 50.8 Å². The molecule has 0 radical (unpaired) electrons. The Kier molecular flexibility index (Phi) is 4.57. The van der Waals surface area contributed by atoms with Gasteiger partial charge in [-0.05, 0) is 23.3 Å². The summed E-state index contributed by atoms with van der Waals surface area (Å²) >= 11 is 0. The molecule has 2 N–H and O–H groups in total. The summed E-state index contributed by atoms with van der Waals surface area (Å²) in [6, 6.07) is 14.0. The maximum Gasteiger partial charge on any atom is 0.387 e. The summed E-state index contributed by atoms with van der Waals surface area (Å²) in [6.07, 6.45) is 0. The SMILES string of the molecule is CN1CC(c2ccccc2)(c2ccc(OC(F)F)c(CF)c2)N=C1N. The molecule has 0 bridgehead atoms. The average molecular weight is 349 g/mol. The van der Waals surface area contributed by atoms with E-state index in [0.29, 0.717) is 18.1 Å². The van der Waals surface area contributed by atoms with Gasteiger partial charge >= 0.3 is 6.61 Å². The Hall–Kier alpha value is -2.70. The van der Waals surface area contributed by atoms with Crippen molar-refractivity contribution < 1.29 is 17.9 Å². The summed E-state index contributed by atoms with van der Waals surface area (Å²) in [5, 5.41) is 0. The number of hydrogen-bond donors (Lipinski definition) is 1. The van der Waals surface area contributed by atoms with Gasteiger partial charge in [0, 0.05) is 12.6 Å². The predicted molar refractivity (Wildman–Crippen MR) is 89.4 cm³/mol. The molecule has 0 aromatic heterocycles. The third kappa shape index (κ3) is 3.14. The van der Waals surface area contributed by atoms with E-state index in [2.05, 4.69) is 9.73 Å². The van der Waals surface area contributed by atoms with Crippen LogP contribution in [0.2, 0.25) is 0 Å². The normalized spacial score (nSPS) is 20.0. The van der Waals surface area contributed by atoms with Gasteiger partial charge in [-0.15, -0.1) is 0 Å². The lowest BCUT2D eigenvalue weighted by atomic mass is 9.83. The smallest absolute Gasteiger partial charge is 0.387 e. The van der Waals surface area contributed by atoms with Gasteiger partial charge in [0.05, 0.1) is 6.54 Å². The number of nitrogens with zero attached hydrogens (tertiary/aromatic N) is 2. The summed E-state index contributed by atoms with van der Waals surface area (Å²) in [5.74, 6) is 0.186. The van der Waals surface area contributed by atoms with Crippen LogP contribution in [0, 0.1) is 0 Å². The fourth-order valence-corrected chi connectivity index (χ4v) is 3.08. The number of nitrogens with two attached hydrogens (primary N) is 1. The Morgan fingerprint density at radius 1 is 1.20 bits per heavy atom. The third-order valence-corrected chi connectivity index (χ3v) is 4.31. The molecule has 0 fully saturated rings. The van der Waals surface area contributed by atoms with Crippen LogP contribution in [0.4, 0.5) is 13.2 Å². The summed E-state index contributed by atoms with van der Waals surface area (Å²) in [4.78, 5) is 6.41. The minimum absolute atomic E-state index is 0.0523. The second-order valence-corrected chi connectivity index (χ2v) is 5.89. The van der Waals surface area contributed by atoms with Crippen LogP contribution >= 0.6 is 0 Å². The highest BCUT2D eigenvalue weighted by atomic mass is 19.3. The fraction of sp³-hybridized carbons (Fsp3) is 0.278. The van der Waals surface area contributed by atoms with Crippen LogP contribution in [0.15, 0.2) is 53.5 Å². The number of ether oxygens (including phenoxy) is 1. The lowest BCUT2D eigenvalue weighted by Gasteiger charge is -2.28. The van der Waals surface area contributed by atoms with Crippen molar-refractivity contribution >= 4 is 5.96 Å². The second-order valence-electron chi connectivity index (χ2n) is 5.89. The first kappa shape index (κ1) is 17.1. The van der Waals surface area contributed by atoms with Crippen LogP contribution in [-0.2, 0) is 12.2 Å². The van der Waals surface area contributed by atoms with Crippen molar-refractivity contribution in [2.75, 3.05) is 13.6 Å². The van der Waals surface area contributed by atoms with Crippen molar-refractivity contribution in [3.8, 4) is 5.75 Å². The number of hydrogen-bond acceptors (Lipinski definition) is 4. The van der Waals surface area contributed by atoms with E-state index in [1.54, 1.807) is 11.0 Å². The van der Waals surface area contributed by atoms with E-state index in [1.807, 2.05) is 37.4 Å². The Bertz CT molecular complexity index is 782. The van der Waals surface area contributed by atoms with Crippen molar-refractivity contribution in [3.05, 3.63) is 65.2 Å². The second kappa shape index (κ2) is 6.66. The van der Waals surface area contributed by atoms with Gasteiger partial charge in [0.25, 0.3) is 0 Å². The first-order chi connectivity index (χ1) is 12.0. The number of likely N-dealkylation sites (N-methyl/N-ethyl adjacent to an activating group) is 1. The van der Waals surface area contributed by atoms with Crippen molar-refractivity contribution in [2.24, 2.45) is 10.7 Å². The summed E-state index contributed by atoms with van der Waals surface area (Å²) in [5.41, 5.74) is 6.75. The van der Waals surface area contributed by atoms with Gasteiger partial charge in [0.2, 0.25) is 0 Å². The van der Waals surface area contributed by atoms with Crippen molar-refractivity contribution in [2.45, 2.75) is 18.8 Å². The maximum atomic E-state index is 13.4. The van der Waals surface area contributed by atoms with Crippen LogP contribution in [-0.4, -0.2) is 31.1 Å². The van der Waals surface area contributed by atoms with Gasteiger partial charge in [-0.1, -0.05) is 36.4 Å². The van der Waals surface area contributed by atoms with E-state index >= 15 is 0 Å². The number of aliphatic imine (C=N–C) groups is 1. The molecule has 0 saturated carbocycles. The van der Waals surface area contributed by atoms with Crippen molar-refractivity contribution in [3.63, 3.8) is 0 Å². The average Bonchev–Trinajstić information content (AvgIpc) is 2.91. The van der Waals surface area contributed by atoms with E-state index < -0.39 is 18.8 Å². The van der Waals surface area contributed by atoms with Gasteiger partial charge in [-0.3, -0.25) is 0 Å². The lowest BCUT2D eigenvalue weighted by Crippen LogP contribution is -2.34. The highest BCUT2D eigenvalue weighted by Crippen LogP contribution is 2.39. The summed E-state index contributed by atoms with van der Waals surface area (Å²) in [7, 11) is 1.81. The van der Waals surface area contributed by atoms with Crippen LogP contribution in [0.3, 0.4) is 0 Å². The van der Waals surface area contributed by atoms with E-state index in [0.717, 1.165) is 5.56 Å².